The molecule has 0 aliphatic rings. The number of hydrogen-bond donors (Lipinski definition) is 2. The maximum Gasteiger partial charge on any atom is 0.336 e. The van der Waals surface area contributed by atoms with E-state index in [1.807, 2.05) is 0 Å². The molecule has 0 aliphatic heterocycles. The van der Waals surface area contributed by atoms with E-state index in [1.165, 1.54) is 68.6 Å². The van der Waals surface area contributed by atoms with Crippen LogP contribution in [-0.4, -0.2) is 22.2 Å². The van der Waals surface area contributed by atoms with Gasteiger partial charge >= 0.3 is 11.9 Å². The van der Waals surface area contributed by atoms with Crippen molar-refractivity contribution in [2.75, 3.05) is 0 Å². The Bertz CT molecular complexity index is 1090. The summed E-state index contributed by atoms with van der Waals surface area (Å²) >= 11 is 0. The summed E-state index contributed by atoms with van der Waals surface area (Å²) in [5.41, 5.74) is 6.01. The molecule has 0 bridgehead atoms. The highest BCUT2D eigenvalue weighted by atomic mass is 16.4. The van der Waals surface area contributed by atoms with Crippen molar-refractivity contribution < 1.29 is 19.8 Å². The molecule has 0 spiro atoms. The van der Waals surface area contributed by atoms with Crippen molar-refractivity contribution in [1.29, 1.82) is 0 Å². The van der Waals surface area contributed by atoms with Crippen LogP contribution in [0.25, 0.3) is 0 Å². The minimum Gasteiger partial charge on any atom is -0.478 e. The first-order valence-corrected chi connectivity index (χ1v) is 14.2. The summed E-state index contributed by atoms with van der Waals surface area (Å²) in [7, 11) is 0. The van der Waals surface area contributed by atoms with Crippen molar-refractivity contribution in [2.24, 2.45) is 0 Å². The molecule has 0 saturated heterocycles. The third-order valence-corrected chi connectivity index (χ3v) is 7.26. The lowest BCUT2D eigenvalue weighted by atomic mass is 9.90. The average Bonchev–Trinajstić information content (AvgIpc) is 2.91. The van der Waals surface area contributed by atoms with Crippen LogP contribution in [0.4, 0.5) is 0 Å². The van der Waals surface area contributed by atoms with Gasteiger partial charge in [-0.05, 0) is 78.0 Å². The van der Waals surface area contributed by atoms with Gasteiger partial charge in [0.05, 0.1) is 11.1 Å². The predicted molar refractivity (Wildman–Crippen MR) is 155 cm³/mol. The molecule has 202 valence electrons. The summed E-state index contributed by atoms with van der Waals surface area (Å²) < 4.78 is 0. The van der Waals surface area contributed by atoms with E-state index in [1.54, 1.807) is 6.07 Å². The zero-order valence-corrected chi connectivity index (χ0v) is 23.0. The van der Waals surface area contributed by atoms with E-state index in [4.69, 9.17) is 0 Å². The number of aromatic carboxylic acids is 2. The second kappa shape index (κ2) is 15.1. The largest absolute Gasteiger partial charge is 0.478 e. The minimum absolute atomic E-state index is 0.0530. The van der Waals surface area contributed by atoms with Gasteiger partial charge in [0.2, 0.25) is 0 Å². The molecule has 0 radical (unpaired) electrons. The Morgan fingerprint density at radius 3 is 1.24 bits per heavy atom. The number of rotatable bonds is 16. The van der Waals surface area contributed by atoms with Gasteiger partial charge < -0.3 is 10.2 Å². The lowest BCUT2D eigenvalue weighted by molar-refractivity contribution is 0.0695. The van der Waals surface area contributed by atoms with Gasteiger partial charge in [-0.3, -0.25) is 0 Å². The van der Waals surface area contributed by atoms with E-state index in [9.17, 15) is 19.8 Å². The summed E-state index contributed by atoms with van der Waals surface area (Å²) in [6.45, 7) is 4.42. The predicted octanol–water partition coefficient (Wildman–Crippen LogP) is 8.51. The van der Waals surface area contributed by atoms with Gasteiger partial charge in [0, 0.05) is 0 Å². The maximum absolute atomic E-state index is 12.1. The topological polar surface area (TPSA) is 74.6 Å². The molecule has 3 aromatic rings. The van der Waals surface area contributed by atoms with Crippen LogP contribution in [0.1, 0.15) is 119 Å². The average molecular weight is 515 g/mol. The molecular formula is C34H42O4. The minimum atomic E-state index is -1.10. The molecule has 4 nitrogen and oxygen atoms in total. The fourth-order valence-electron chi connectivity index (χ4n) is 4.99. The van der Waals surface area contributed by atoms with E-state index in [2.05, 4.69) is 62.4 Å². The zero-order valence-electron chi connectivity index (χ0n) is 23.0. The molecule has 0 saturated carbocycles. The lowest BCUT2D eigenvalue weighted by Crippen LogP contribution is -2.11. The van der Waals surface area contributed by atoms with Gasteiger partial charge in [-0.1, -0.05) is 107 Å². The Labute approximate surface area is 227 Å². The summed E-state index contributed by atoms with van der Waals surface area (Å²) in [5, 5.41) is 19.7. The third-order valence-electron chi connectivity index (χ3n) is 7.26. The highest BCUT2D eigenvalue weighted by Crippen LogP contribution is 2.24. The van der Waals surface area contributed by atoms with Crippen LogP contribution in [0.15, 0.2) is 60.7 Å². The normalized spacial score (nSPS) is 11.0. The number of carboxylic acid groups (broad SMARTS) is 2. The van der Waals surface area contributed by atoms with Crippen molar-refractivity contribution in [3.8, 4) is 0 Å². The van der Waals surface area contributed by atoms with E-state index in [0.717, 1.165) is 24.0 Å². The SMILES string of the molecule is CCCCCCc1ccc(Cc2cc(Cc3ccc(CCCCCC)cc3)c(C(=O)O)cc2C(=O)O)cc1. The molecule has 38 heavy (non-hydrogen) atoms. The summed E-state index contributed by atoms with van der Waals surface area (Å²) in [5.74, 6) is -2.21. The maximum atomic E-state index is 12.1. The van der Waals surface area contributed by atoms with Crippen molar-refractivity contribution in [1.82, 2.24) is 0 Å². The van der Waals surface area contributed by atoms with E-state index < -0.39 is 11.9 Å². The van der Waals surface area contributed by atoms with Gasteiger partial charge in [-0.2, -0.15) is 0 Å². The fourth-order valence-corrected chi connectivity index (χ4v) is 4.99. The smallest absolute Gasteiger partial charge is 0.336 e. The van der Waals surface area contributed by atoms with Crippen LogP contribution in [0, 0.1) is 0 Å². The Hall–Kier alpha value is -3.40. The zero-order chi connectivity index (χ0) is 27.3. The number of hydrogen-bond acceptors (Lipinski definition) is 2. The van der Waals surface area contributed by atoms with Crippen molar-refractivity contribution in [3.05, 3.63) is 105 Å². The number of unbranched alkanes of at least 4 members (excludes halogenated alkanes) is 6. The monoisotopic (exact) mass is 514 g/mol. The quantitative estimate of drug-likeness (QED) is 0.188. The molecule has 3 rings (SSSR count). The Morgan fingerprint density at radius 1 is 0.526 bits per heavy atom. The van der Waals surface area contributed by atoms with Crippen LogP contribution < -0.4 is 0 Å². The number of aryl methyl sites for hydroxylation is 2. The molecule has 3 aromatic carbocycles. The Morgan fingerprint density at radius 2 is 0.895 bits per heavy atom. The van der Waals surface area contributed by atoms with E-state index >= 15 is 0 Å². The molecule has 0 heterocycles. The summed E-state index contributed by atoms with van der Waals surface area (Å²) in [4.78, 5) is 24.1. The van der Waals surface area contributed by atoms with Gasteiger partial charge in [0.15, 0.2) is 0 Å². The third kappa shape index (κ3) is 8.86. The number of carbonyl (C=O) groups is 2. The molecule has 0 aromatic heterocycles. The highest BCUT2D eigenvalue weighted by Gasteiger charge is 2.19. The second-order valence-electron chi connectivity index (χ2n) is 10.4. The molecule has 0 fully saturated rings. The van der Waals surface area contributed by atoms with Gasteiger partial charge in [0.1, 0.15) is 0 Å². The van der Waals surface area contributed by atoms with Crippen LogP contribution in [-0.2, 0) is 25.7 Å². The van der Waals surface area contributed by atoms with Crippen molar-refractivity contribution >= 4 is 11.9 Å². The first kappa shape index (κ1) is 29.2. The number of benzene rings is 3. The van der Waals surface area contributed by atoms with Crippen molar-refractivity contribution in [3.63, 3.8) is 0 Å². The first-order valence-electron chi connectivity index (χ1n) is 14.2. The summed E-state index contributed by atoms with van der Waals surface area (Å²) in [6, 6.07) is 19.8. The molecule has 0 atom stereocenters. The highest BCUT2D eigenvalue weighted by molar-refractivity contribution is 5.96. The molecule has 0 amide bonds. The van der Waals surface area contributed by atoms with E-state index in [-0.39, 0.29) is 11.1 Å². The Balaban J connectivity index is 1.79. The van der Waals surface area contributed by atoms with Crippen LogP contribution >= 0.6 is 0 Å². The molecule has 4 heteroatoms. The van der Waals surface area contributed by atoms with Crippen LogP contribution in [0.5, 0.6) is 0 Å². The summed E-state index contributed by atoms with van der Waals surface area (Å²) in [6.07, 6.45) is 12.8. The fraction of sp³-hybridized carbons (Fsp3) is 0.412. The lowest BCUT2D eigenvalue weighted by Gasteiger charge is -2.14. The van der Waals surface area contributed by atoms with Gasteiger partial charge in [-0.15, -0.1) is 0 Å². The molecular weight excluding hydrogens is 472 g/mol. The first-order chi connectivity index (χ1) is 18.4. The van der Waals surface area contributed by atoms with E-state index in [0.29, 0.717) is 24.0 Å². The Kier molecular flexibility index (Phi) is 11.6. The molecule has 0 aliphatic carbocycles. The standard InChI is InChI=1S/C34H42O4/c1-3-5-7-9-11-25-13-17-27(18-14-25)21-29-23-30(32(34(37)38)24-31(29)33(35)36)22-28-19-15-26(16-20-28)12-10-8-6-4-2/h13-20,23-24H,3-12,21-22H2,1-2H3,(H,35,36)(H,37,38). The van der Waals surface area contributed by atoms with Crippen molar-refractivity contribution in [2.45, 2.75) is 90.9 Å². The van der Waals surface area contributed by atoms with Crippen LogP contribution in [0.3, 0.4) is 0 Å². The second-order valence-corrected chi connectivity index (χ2v) is 10.4. The molecule has 0 unspecified atom stereocenters. The van der Waals surface area contributed by atoms with Crippen LogP contribution in [0.2, 0.25) is 0 Å². The molecule has 2 N–H and O–H groups in total. The number of carboxylic acids is 2. The van der Waals surface area contributed by atoms with Gasteiger partial charge in [0.25, 0.3) is 0 Å². The van der Waals surface area contributed by atoms with Gasteiger partial charge in [-0.25, -0.2) is 9.59 Å².